The van der Waals surface area contributed by atoms with Crippen LogP contribution in [0.3, 0.4) is 0 Å². The highest BCUT2D eigenvalue weighted by Crippen LogP contribution is 2.08. The third-order valence-corrected chi connectivity index (χ3v) is 1.42. The monoisotopic (exact) mass is 175 g/mol. The molecule has 1 nitrogen and oxygen atoms in total. The van der Waals surface area contributed by atoms with Gasteiger partial charge in [0.15, 0.2) is 0 Å². The van der Waals surface area contributed by atoms with Gasteiger partial charge in [-0.1, -0.05) is 17.7 Å². The van der Waals surface area contributed by atoms with E-state index in [4.69, 9.17) is 5.73 Å². The minimum atomic E-state index is -0.215. The van der Waals surface area contributed by atoms with Crippen LogP contribution in [-0.2, 0) is 6.54 Å². The summed E-state index contributed by atoms with van der Waals surface area (Å²) in [4.78, 5) is 0. The number of aryl methyl sites for hydroxylation is 1. The van der Waals surface area contributed by atoms with Gasteiger partial charge in [0, 0.05) is 12.1 Å². The zero-order valence-corrected chi connectivity index (χ0v) is 7.12. The molecule has 0 radical (unpaired) electrons. The van der Waals surface area contributed by atoms with E-state index >= 15 is 0 Å². The highest BCUT2D eigenvalue weighted by Gasteiger charge is 1.97. The summed E-state index contributed by atoms with van der Waals surface area (Å²) in [5.74, 6) is -0.215. The van der Waals surface area contributed by atoms with E-state index in [1.807, 2.05) is 6.92 Å². The van der Waals surface area contributed by atoms with Crippen LogP contribution in [0, 0.1) is 12.7 Å². The van der Waals surface area contributed by atoms with E-state index in [1.54, 1.807) is 12.1 Å². The molecule has 0 aliphatic carbocycles. The Bertz CT molecular complexity index is 238. The van der Waals surface area contributed by atoms with Crippen LogP contribution in [0.2, 0.25) is 0 Å². The first kappa shape index (κ1) is 10.4. The molecule has 0 aliphatic heterocycles. The maximum Gasteiger partial charge on any atom is 0.127 e. The normalized spacial score (nSPS) is 9.00. The van der Waals surface area contributed by atoms with E-state index in [9.17, 15) is 4.39 Å². The molecular weight excluding hydrogens is 165 g/mol. The Hall–Kier alpha value is -0.600. The van der Waals surface area contributed by atoms with Gasteiger partial charge in [0.05, 0.1) is 0 Å². The molecule has 0 spiro atoms. The van der Waals surface area contributed by atoms with E-state index in [2.05, 4.69) is 0 Å². The molecule has 0 saturated carbocycles. The lowest BCUT2D eigenvalue weighted by Gasteiger charge is -1.99. The predicted octanol–water partition coefficient (Wildman–Crippen LogP) is 2.01. The summed E-state index contributed by atoms with van der Waals surface area (Å²) in [5, 5.41) is 0. The average molecular weight is 176 g/mol. The van der Waals surface area contributed by atoms with Gasteiger partial charge in [0.2, 0.25) is 0 Å². The highest BCUT2D eigenvalue weighted by molar-refractivity contribution is 5.85. The molecule has 2 N–H and O–H groups in total. The second-order valence-electron chi connectivity index (χ2n) is 2.30. The second kappa shape index (κ2) is 4.31. The second-order valence-corrected chi connectivity index (χ2v) is 2.30. The first-order valence-electron chi connectivity index (χ1n) is 3.19. The molecule has 1 aromatic carbocycles. The Morgan fingerprint density at radius 2 is 2.09 bits per heavy atom. The fourth-order valence-corrected chi connectivity index (χ4v) is 0.860. The van der Waals surface area contributed by atoms with Crippen molar-refractivity contribution in [2.75, 3.05) is 0 Å². The Kier molecular flexibility index (Phi) is 4.08. The Morgan fingerprint density at radius 3 is 2.55 bits per heavy atom. The SMILES string of the molecule is Cc1ccc(F)c(CN)c1.Cl. The van der Waals surface area contributed by atoms with Crippen molar-refractivity contribution in [1.82, 2.24) is 0 Å². The average Bonchev–Trinajstić information content (AvgIpc) is 1.94. The van der Waals surface area contributed by atoms with E-state index < -0.39 is 0 Å². The minimum Gasteiger partial charge on any atom is -0.326 e. The first-order chi connectivity index (χ1) is 4.74. The standard InChI is InChI=1S/C8H10FN.ClH/c1-6-2-3-8(9)7(4-6)5-10;/h2-4H,5,10H2,1H3;1H. The van der Waals surface area contributed by atoms with Crippen LogP contribution >= 0.6 is 12.4 Å². The van der Waals surface area contributed by atoms with Gasteiger partial charge in [-0.25, -0.2) is 4.39 Å². The minimum absolute atomic E-state index is 0. The van der Waals surface area contributed by atoms with Crippen LogP contribution in [0.25, 0.3) is 0 Å². The van der Waals surface area contributed by atoms with Crippen molar-refractivity contribution in [2.45, 2.75) is 13.5 Å². The Morgan fingerprint density at radius 1 is 1.45 bits per heavy atom. The summed E-state index contributed by atoms with van der Waals surface area (Å²) >= 11 is 0. The van der Waals surface area contributed by atoms with Gasteiger partial charge in [-0.05, 0) is 13.0 Å². The van der Waals surface area contributed by atoms with Gasteiger partial charge in [-0.15, -0.1) is 12.4 Å². The fourth-order valence-electron chi connectivity index (χ4n) is 0.860. The topological polar surface area (TPSA) is 26.0 Å². The van der Waals surface area contributed by atoms with Crippen molar-refractivity contribution in [2.24, 2.45) is 5.73 Å². The van der Waals surface area contributed by atoms with Crippen molar-refractivity contribution in [3.05, 3.63) is 35.1 Å². The lowest BCUT2D eigenvalue weighted by molar-refractivity contribution is 0.610. The van der Waals surface area contributed by atoms with E-state index in [1.165, 1.54) is 6.07 Å². The molecule has 0 heterocycles. The summed E-state index contributed by atoms with van der Waals surface area (Å²) in [7, 11) is 0. The largest absolute Gasteiger partial charge is 0.326 e. The van der Waals surface area contributed by atoms with Crippen LogP contribution in [0.1, 0.15) is 11.1 Å². The fraction of sp³-hybridized carbons (Fsp3) is 0.250. The lowest BCUT2D eigenvalue weighted by atomic mass is 10.1. The maximum absolute atomic E-state index is 12.7. The van der Waals surface area contributed by atoms with Gasteiger partial charge >= 0.3 is 0 Å². The van der Waals surface area contributed by atoms with Crippen molar-refractivity contribution in [3.8, 4) is 0 Å². The molecule has 0 aliphatic rings. The summed E-state index contributed by atoms with van der Waals surface area (Å²) in [6.45, 7) is 2.19. The van der Waals surface area contributed by atoms with Gasteiger partial charge in [-0.2, -0.15) is 0 Å². The zero-order chi connectivity index (χ0) is 7.56. The number of hydrogen-bond donors (Lipinski definition) is 1. The number of halogens is 2. The molecule has 0 fully saturated rings. The molecule has 0 saturated heterocycles. The molecule has 0 atom stereocenters. The van der Waals surface area contributed by atoms with Crippen molar-refractivity contribution in [1.29, 1.82) is 0 Å². The molecule has 1 rings (SSSR count). The van der Waals surface area contributed by atoms with E-state index in [0.29, 0.717) is 5.56 Å². The van der Waals surface area contributed by atoms with Gasteiger partial charge in [-0.3, -0.25) is 0 Å². The van der Waals surface area contributed by atoms with Crippen LogP contribution < -0.4 is 5.73 Å². The molecular formula is C8H11ClFN. The number of nitrogens with two attached hydrogens (primary N) is 1. The van der Waals surface area contributed by atoms with E-state index in [-0.39, 0.29) is 24.8 Å². The molecule has 0 amide bonds. The smallest absolute Gasteiger partial charge is 0.127 e. The van der Waals surface area contributed by atoms with Crippen molar-refractivity contribution >= 4 is 12.4 Å². The maximum atomic E-state index is 12.7. The quantitative estimate of drug-likeness (QED) is 0.695. The van der Waals surface area contributed by atoms with Crippen LogP contribution in [0.4, 0.5) is 4.39 Å². The lowest BCUT2D eigenvalue weighted by Crippen LogP contribution is -1.99. The van der Waals surface area contributed by atoms with Crippen LogP contribution in [-0.4, -0.2) is 0 Å². The molecule has 1 aromatic rings. The van der Waals surface area contributed by atoms with Gasteiger partial charge in [0.1, 0.15) is 5.82 Å². The van der Waals surface area contributed by atoms with Crippen molar-refractivity contribution in [3.63, 3.8) is 0 Å². The molecule has 0 bridgehead atoms. The molecule has 11 heavy (non-hydrogen) atoms. The van der Waals surface area contributed by atoms with Crippen LogP contribution in [0.5, 0.6) is 0 Å². The number of benzene rings is 1. The summed E-state index contributed by atoms with van der Waals surface area (Å²) in [6, 6.07) is 4.93. The number of hydrogen-bond acceptors (Lipinski definition) is 1. The third-order valence-electron chi connectivity index (χ3n) is 1.42. The first-order valence-corrected chi connectivity index (χ1v) is 3.19. The zero-order valence-electron chi connectivity index (χ0n) is 6.30. The van der Waals surface area contributed by atoms with Gasteiger partial charge in [0.25, 0.3) is 0 Å². The molecule has 62 valence electrons. The molecule has 3 heteroatoms. The summed E-state index contributed by atoms with van der Waals surface area (Å²) in [6.07, 6.45) is 0. The molecule has 0 unspecified atom stereocenters. The Balaban J connectivity index is 0.000001000. The molecule has 0 aromatic heterocycles. The summed E-state index contributed by atoms with van der Waals surface area (Å²) in [5.41, 5.74) is 6.91. The third kappa shape index (κ3) is 2.48. The van der Waals surface area contributed by atoms with Crippen molar-refractivity contribution < 1.29 is 4.39 Å². The number of rotatable bonds is 1. The predicted molar refractivity (Wildman–Crippen MR) is 46.3 cm³/mol. The Labute approximate surface area is 71.8 Å². The summed E-state index contributed by atoms with van der Waals surface area (Å²) < 4.78 is 12.7. The highest BCUT2D eigenvalue weighted by atomic mass is 35.5. The van der Waals surface area contributed by atoms with Crippen LogP contribution in [0.15, 0.2) is 18.2 Å². The van der Waals surface area contributed by atoms with Gasteiger partial charge < -0.3 is 5.73 Å². The van der Waals surface area contributed by atoms with E-state index in [0.717, 1.165) is 5.56 Å².